The molecule has 0 saturated carbocycles. The van der Waals surface area contributed by atoms with Gasteiger partial charge in [-0.1, -0.05) is 43.0 Å². The SMILES string of the molecule is CCCCCOC(=O)/C=C/C(=O)Oc1cc(Cl)cc(Cl)c1. The Morgan fingerprint density at radius 1 is 1.05 bits per heavy atom. The Bertz CT molecular complexity index is 506. The molecule has 0 aliphatic heterocycles. The monoisotopic (exact) mass is 330 g/mol. The number of benzene rings is 1. The molecule has 1 rings (SSSR count). The van der Waals surface area contributed by atoms with Crippen molar-refractivity contribution in [3.63, 3.8) is 0 Å². The molecule has 0 fully saturated rings. The predicted octanol–water partition coefficient (Wildman–Crippen LogP) is 4.19. The minimum Gasteiger partial charge on any atom is -0.463 e. The molecule has 1 aromatic carbocycles. The smallest absolute Gasteiger partial charge is 0.336 e. The largest absolute Gasteiger partial charge is 0.463 e. The van der Waals surface area contributed by atoms with Crippen molar-refractivity contribution in [2.45, 2.75) is 26.2 Å². The Morgan fingerprint density at radius 2 is 1.67 bits per heavy atom. The average molecular weight is 331 g/mol. The number of halogens is 2. The van der Waals surface area contributed by atoms with Gasteiger partial charge >= 0.3 is 11.9 Å². The molecule has 21 heavy (non-hydrogen) atoms. The Balaban J connectivity index is 2.42. The number of hydrogen-bond acceptors (Lipinski definition) is 4. The van der Waals surface area contributed by atoms with Crippen LogP contribution in [0.25, 0.3) is 0 Å². The first-order chi connectivity index (χ1) is 10.0. The third-order valence-corrected chi connectivity index (χ3v) is 2.84. The van der Waals surface area contributed by atoms with Gasteiger partial charge in [0.15, 0.2) is 0 Å². The van der Waals surface area contributed by atoms with Gasteiger partial charge in [0.05, 0.1) is 6.61 Å². The van der Waals surface area contributed by atoms with Crippen LogP contribution in [0.3, 0.4) is 0 Å². The first-order valence-corrected chi connectivity index (χ1v) is 7.29. The van der Waals surface area contributed by atoms with E-state index in [9.17, 15) is 9.59 Å². The van der Waals surface area contributed by atoms with E-state index in [0.717, 1.165) is 31.4 Å². The fourth-order valence-electron chi connectivity index (χ4n) is 1.45. The van der Waals surface area contributed by atoms with E-state index in [-0.39, 0.29) is 5.75 Å². The van der Waals surface area contributed by atoms with Crippen molar-refractivity contribution in [2.24, 2.45) is 0 Å². The summed E-state index contributed by atoms with van der Waals surface area (Å²) < 4.78 is 9.87. The van der Waals surface area contributed by atoms with Crippen molar-refractivity contribution in [1.82, 2.24) is 0 Å². The van der Waals surface area contributed by atoms with E-state index < -0.39 is 11.9 Å². The van der Waals surface area contributed by atoms with Crippen molar-refractivity contribution >= 4 is 35.1 Å². The summed E-state index contributed by atoms with van der Waals surface area (Å²) in [6, 6.07) is 4.41. The summed E-state index contributed by atoms with van der Waals surface area (Å²) in [6.07, 6.45) is 4.87. The van der Waals surface area contributed by atoms with Crippen LogP contribution in [0.4, 0.5) is 0 Å². The summed E-state index contributed by atoms with van der Waals surface area (Å²) in [6.45, 7) is 2.40. The first-order valence-electron chi connectivity index (χ1n) is 6.54. The van der Waals surface area contributed by atoms with Crippen LogP contribution >= 0.6 is 23.2 Å². The van der Waals surface area contributed by atoms with Crippen molar-refractivity contribution in [3.8, 4) is 5.75 Å². The second-order valence-electron chi connectivity index (χ2n) is 4.23. The van der Waals surface area contributed by atoms with E-state index in [0.29, 0.717) is 16.7 Å². The number of ether oxygens (including phenoxy) is 2. The van der Waals surface area contributed by atoms with Gasteiger partial charge in [-0.15, -0.1) is 0 Å². The van der Waals surface area contributed by atoms with E-state index in [2.05, 4.69) is 6.92 Å². The molecule has 0 bridgehead atoms. The van der Waals surface area contributed by atoms with E-state index in [1.807, 2.05) is 0 Å². The number of carbonyl (C=O) groups excluding carboxylic acids is 2. The lowest BCUT2D eigenvalue weighted by Crippen LogP contribution is -2.07. The van der Waals surface area contributed by atoms with Crippen LogP contribution in [0.5, 0.6) is 5.75 Å². The second kappa shape index (κ2) is 9.42. The zero-order chi connectivity index (χ0) is 15.7. The van der Waals surface area contributed by atoms with Crippen LogP contribution in [0.2, 0.25) is 10.0 Å². The van der Waals surface area contributed by atoms with Crippen LogP contribution in [-0.4, -0.2) is 18.5 Å². The molecule has 0 aromatic heterocycles. The molecule has 1 aromatic rings. The molecule has 4 nitrogen and oxygen atoms in total. The first kappa shape index (κ1) is 17.5. The van der Waals surface area contributed by atoms with Crippen LogP contribution in [0.1, 0.15) is 26.2 Å². The van der Waals surface area contributed by atoms with Gasteiger partial charge < -0.3 is 9.47 Å². The lowest BCUT2D eigenvalue weighted by molar-refractivity contribution is -0.138. The van der Waals surface area contributed by atoms with Crippen LogP contribution in [-0.2, 0) is 14.3 Å². The molecule has 0 amide bonds. The van der Waals surface area contributed by atoms with Gasteiger partial charge in [0.1, 0.15) is 5.75 Å². The Labute approximate surface area is 133 Å². The van der Waals surface area contributed by atoms with E-state index in [1.165, 1.54) is 18.2 Å². The predicted molar refractivity (Wildman–Crippen MR) is 81.7 cm³/mol. The molecule has 114 valence electrons. The number of carbonyl (C=O) groups is 2. The lowest BCUT2D eigenvalue weighted by Gasteiger charge is -2.03. The summed E-state index contributed by atoms with van der Waals surface area (Å²) in [4.78, 5) is 22.8. The summed E-state index contributed by atoms with van der Waals surface area (Å²) in [5, 5.41) is 0.703. The molecule has 6 heteroatoms. The fraction of sp³-hybridized carbons (Fsp3) is 0.333. The van der Waals surface area contributed by atoms with Gasteiger partial charge in [-0.05, 0) is 24.6 Å². The van der Waals surface area contributed by atoms with Crippen molar-refractivity contribution in [1.29, 1.82) is 0 Å². The maximum atomic E-state index is 11.5. The van der Waals surface area contributed by atoms with Crippen molar-refractivity contribution in [3.05, 3.63) is 40.4 Å². The third-order valence-electron chi connectivity index (χ3n) is 2.40. The highest BCUT2D eigenvalue weighted by molar-refractivity contribution is 6.34. The fourth-order valence-corrected chi connectivity index (χ4v) is 1.95. The summed E-state index contributed by atoms with van der Waals surface area (Å²) >= 11 is 11.6. The van der Waals surface area contributed by atoms with Gasteiger partial charge in [-0.25, -0.2) is 9.59 Å². The minimum absolute atomic E-state index is 0.207. The molecule has 0 N–H and O–H groups in total. The minimum atomic E-state index is -0.709. The number of rotatable bonds is 7. The highest BCUT2D eigenvalue weighted by Crippen LogP contribution is 2.24. The van der Waals surface area contributed by atoms with Crippen molar-refractivity contribution < 1.29 is 19.1 Å². The maximum Gasteiger partial charge on any atom is 0.336 e. The highest BCUT2D eigenvalue weighted by atomic mass is 35.5. The molecule has 0 unspecified atom stereocenters. The Morgan fingerprint density at radius 3 is 2.29 bits per heavy atom. The standard InChI is InChI=1S/C15H16Cl2O4/c1-2-3-4-7-20-14(18)5-6-15(19)21-13-9-11(16)8-12(17)10-13/h5-6,8-10H,2-4,7H2,1H3/b6-5+. The maximum absolute atomic E-state index is 11.5. The zero-order valence-corrected chi connectivity index (χ0v) is 13.1. The lowest BCUT2D eigenvalue weighted by atomic mass is 10.3. The second-order valence-corrected chi connectivity index (χ2v) is 5.11. The van der Waals surface area contributed by atoms with Gasteiger partial charge in [-0.3, -0.25) is 0 Å². The number of unbranched alkanes of at least 4 members (excludes halogenated alkanes) is 2. The van der Waals surface area contributed by atoms with Crippen LogP contribution in [0, 0.1) is 0 Å². The van der Waals surface area contributed by atoms with Gasteiger partial charge in [0.2, 0.25) is 0 Å². The number of hydrogen-bond donors (Lipinski definition) is 0. The Hall–Kier alpha value is -1.52. The normalized spacial score (nSPS) is 10.6. The summed E-state index contributed by atoms with van der Waals surface area (Å²) in [5.74, 6) is -1.08. The van der Waals surface area contributed by atoms with Gasteiger partial charge in [0.25, 0.3) is 0 Å². The molecule has 0 radical (unpaired) electrons. The zero-order valence-electron chi connectivity index (χ0n) is 11.6. The molecular weight excluding hydrogens is 315 g/mol. The topological polar surface area (TPSA) is 52.6 Å². The van der Waals surface area contributed by atoms with E-state index in [1.54, 1.807) is 0 Å². The molecule has 0 heterocycles. The Kier molecular flexibility index (Phi) is 7.87. The molecular formula is C15H16Cl2O4. The summed E-state index contributed by atoms with van der Waals surface area (Å²) in [5.41, 5.74) is 0. The van der Waals surface area contributed by atoms with E-state index in [4.69, 9.17) is 32.7 Å². The molecule has 0 aliphatic carbocycles. The number of esters is 2. The van der Waals surface area contributed by atoms with Gasteiger partial charge in [0, 0.05) is 22.2 Å². The third kappa shape index (κ3) is 7.73. The van der Waals surface area contributed by atoms with Crippen LogP contribution in [0.15, 0.2) is 30.4 Å². The van der Waals surface area contributed by atoms with E-state index >= 15 is 0 Å². The highest BCUT2D eigenvalue weighted by Gasteiger charge is 2.05. The van der Waals surface area contributed by atoms with Gasteiger partial charge in [-0.2, -0.15) is 0 Å². The molecule has 0 spiro atoms. The molecule has 0 aliphatic rings. The average Bonchev–Trinajstić information content (AvgIpc) is 2.40. The van der Waals surface area contributed by atoms with Crippen LogP contribution < -0.4 is 4.74 Å². The summed E-state index contributed by atoms with van der Waals surface area (Å²) in [7, 11) is 0. The molecule has 0 saturated heterocycles. The molecule has 0 atom stereocenters. The van der Waals surface area contributed by atoms with Crippen molar-refractivity contribution in [2.75, 3.05) is 6.61 Å². The quantitative estimate of drug-likeness (QED) is 0.325.